The predicted molar refractivity (Wildman–Crippen MR) is 40.6 cm³/mol. The van der Waals surface area contributed by atoms with Gasteiger partial charge >= 0.3 is 5.97 Å². The fourth-order valence-corrected chi connectivity index (χ4v) is 0.889. The molecule has 0 rings (SSSR count). The second-order valence-corrected chi connectivity index (χ2v) is 2.41. The fraction of sp³-hybridized carbons (Fsp3) is 0.750. The van der Waals surface area contributed by atoms with E-state index in [1.807, 2.05) is 6.42 Å². The third kappa shape index (κ3) is 4.36. The minimum atomic E-state index is -0.730. The van der Waals surface area contributed by atoms with Crippen molar-refractivity contribution >= 4 is 5.97 Å². The Morgan fingerprint density at radius 1 is 1.50 bits per heavy atom. The van der Waals surface area contributed by atoms with Crippen molar-refractivity contribution in [3.05, 3.63) is 6.42 Å². The van der Waals surface area contributed by atoms with Crippen molar-refractivity contribution in [3.63, 3.8) is 0 Å². The maximum atomic E-state index is 10.1. The maximum Gasteiger partial charge on any atom is 0.303 e. The summed E-state index contributed by atoms with van der Waals surface area (Å²) in [6, 6.07) is 0. The van der Waals surface area contributed by atoms with Gasteiger partial charge in [0.05, 0.1) is 0 Å². The minimum absolute atomic E-state index is 0.201. The second-order valence-electron chi connectivity index (χ2n) is 2.41. The van der Waals surface area contributed by atoms with Gasteiger partial charge in [0, 0.05) is 6.42 Å². The highest BCUT2D eigenvalue weighted by Crippen LogP contribution is 2.12. The molecule has 0 aromatic heterocycles. The summed E-state index contributed by atoms with van der Waals surface area (Å²) in [5.41, 5.74) is 0. The largest absolute Gasteiger partial charge is 0.481 e. The van der Waals surface area contributed by atoms with E-state index >= 15 is 0 Å². The van der Waals surface area contributed by atoms with Crippen molar-refractivity contribution in [1.29, 1.82) is 0 Å². The zero-order valence-corrected chi connectivity index (χ0v) is 6.63. The number of carbonyl (C=O) groups is 1. The van der Waals surface area contributed by atoms with Gasteiger partial charge in [-0.3, -0.25) is 4.79 Å². The van der Waals surface area contributed by atoms with Crippen LogP contribution in [0.1, 0.15) is 33.1 Å². The Balaban J connectivity index is 3.34. The molecule has 1 radical (unpaired) electrons. The van der Waals surface area contributed by atoms with E-state index in [0.29, 0.717) is 5.92 Å². The van der Waals surface area contributed by atoms with Crippen molar-refractivity contribution in [1.82, 2.24) is 0 Å². The highest BCUT2D eigenvalue weighted by molar-refractivity contribution is 5.68. The van der Waals surface area contributed by atoms with Crippen molar-refractivity contribution < 1.29 is 9.90 Å². The Morgan fingerprint density at radius 3 is 2.30 bits per heavy atom. The van der Waals surface area contributed by atoms with E-state index in [2.05, 4.69) is 13.8 Å². The summed E-state index contributed by atoms with van der Waals surface area (Å²) < 4.78 is 0. The fourth-order valence-electron chi connectivity index (χ4n) is 0.889. The molecule has 0 aromatic rings. The van der Waals surface area contributed by atoms with Crippen molar-refractivity contribution in [2.75, 3.05) is 0 Å². The first-order valence-corrected chi connectivity index (χ1v) is 3.75. The number of aliphatic carboxylic acids is 1. The van der Waals surface area contributed by atoms with E-state index in [-0.39, 0.29) is 6.42 Å². The van der Waals surface area contributed by atoms with Gasteiger partial charge in [0.1, 0.15) is 0 Å². The number of hydrogen-bond acceptors (Lipinski definition) is 1. The molecule has 0 fully saturated rings. The first-order valence-electron chi connectivity index (χ1n) is 3.75. The van der Waals surface area contributed by atoms with Crippen LogP contribution in [-0.4, -0.2) is 11.1 Å². The monoisotopic (exact) mass is 143 g/mol. The quantitative estimate of drug-likeness (QED) is 0.640. The first kappa shape index (κ1) is 9.47. The van der Waals surface area contributed by atoms with Gasteiger partial charge in [0.2, 0.25) is 0 Å². The molecule has 2 nitrogen and oxygen atoms in total. The number of carboxylic acids is 1. The summed E-state index contributed by atoms with van der Waals surface area (Å²) in [5, 5.41) is 8.32. The van der Waals surface area contributed by atoms with Gasteiger partial charge in [0.25, 0.3) is 0 Å². The van der Waals surface area contributed by atoms with Gasteiger partial charge < -0.3 is 5.11 Å². The molecule has 0 amide bonds. The van der Waals surface area contributed by atoms with Crippen molar-refractivity contribution in [3.8, 4) is 0 Å². The van der Waals surface area contributed by atoms with Crippen molar-refractivity contribution in [2.24, 2.45) is 5.92 Å². The van der Waals surface area contributed by atoms with Crippen LogP contribution in [0.25, 0.3) is 0 Å². The maximum absolute atomic E-state index is 10.1. The molecular weight excluding hydrogens is 128 g/mol. The lowest BCUT2D eigenvalue weighted by molar-refractivity contribution is -0.136. The summed E-state index contributed by atoms with van der Waals surface area (Å²) in [4.78, 5) is 10.1. The third-order valence-corrected chi connectivity index (χ3v) is 1.67. The van der Waals surface area contributed by atoms with Crippen LogP contribution < -0.4 is 0 Å². The van der Waals surface area contributed by atoms with Crippen LogP contribution in [0.4, 0.5) is 0 Å². The van der Waals surface area contributed by atoms with Gasteiger partial charge in [-0.25, -0.2) is 0 Å². The number of carboxylic acid groups (broad SMARTS) is 1. The zero-order chi connectivity index (χ0) is 7.98. The second kappa shape index (κ2) is 5.27. The molecule has 0 atom stereocenters. The van der Waals surface area contributed by atoms with Crippen LogP contribution in [0.15, 0.2) is 0 Å². The Hall–Kier alpha value is -0.530. The topological polar surface area (TPSA) is 37.3 Å². The molecule has 0 aliphatic heterocycles. The Bertz CT molecular complexity index is 95.4. The van der Waals surface area contributed by atoms with E-state index < -0.39 is 5.97 Å². The van der Waals surface area contributed by atoms with Gasteiger partial charge in [0.15, 0.2) is 0 Å². The van der Waals surface area contributed by atoms with Crippen LogP contribution in [0, 0.1) is 12.3 Å². The predicted octanol–water partition coefficient (Wildman–Crippen LogP) is 2.10. The van der Waals surface area contributed by atoms with Gasteiger partial charge in [-0.15, -0.1) is 0 Å². The minimum Gasteiger partial charge on any atom is -0.481 e. The van der Waals surface area contributed by atoms with E-state index in [1.54, 1.807) is 0 Å². The molecule has 0 bridgehead atoms. The van der Waals surface area contributed by atoms with Gasteiger partial charge in [-0.2, -0.15) is 0 Å². The molecule has 10 heavy (non-hydrogen) atoms. The van der Waals surface area contributed by atoms with Crippen LogP contribution in [-0.2, 0) is 4.79 Å². The van der Waals surface area contributed by atoms with Crippen LogP contribution in [0.2, 0.25) is 0 Å². The lowest BCUT2D eigenvalue weighted by Gasteiger charge is -2.08. The molecule has 0 aromatic carbocycles. The summed E-state index contributed by atoms with van der Waals surface area (Å²) in [5.74, 6) is -0.247. The molecule has 0 aliphatic rings. The molecule has 0 saturated heterocycles. The Labute approximate surface area is 62.2 Å². The van der Waals surface area contributed by atoms with Gasteiger partial charge in [-0.1, -0.05) is 26.7 Å². The van der Waals surface area contributed by atoms with E-state index in [1.165, 1.54) is 0 Å². The summed E-state index contributed by atoms with van der Waals surface area (Å²) in [6.45, 7) is 4.15. The first-order chi connectivity index (χ1) is 4.70. The average molecular weight is 143 g/mol. The summed E-state index contributed by atoms with van der Waals surface area (Å²) in [7, 11) is 0. The lowest BCUT2D eigenvalue weighted by Crippen LogP contribution is -2.02. The zero-order valence-electron chi connectivity index (χ0n) is 6.63. The van der Waals surface area contributed by atoms with E-state index in [0.717, 1.165) is 12.8 Å². The molecule has 2 heteroatoms. The standard InChI is InChI=1S/C8H15O2/c1-3-7(4-2)5-6-8(9)10/h5,7H,3-4,6H2,1-2H3,(H,9,10). The lowest BCUT2D eigenvalue weighted by atomic mass is 9.98. The average Bonchev–Trinajstić information content (AvgIpc) is 1.90. The number of hydrogen-bond donors (Lipinski definition) is 1. The van der Waals surface area contributed by atoms with E-state index in [9.17, 15) is 4.79 Å². The molecule has 0 heterocycles. The summed E-state index contributed by atoms with van der Waals surface area (Å²) >= 11 is 0. The summed E-state index contributed by atoms with van der Waals surface area (Å²) in [6.07, 6.45) is 4.17. The normalized spacial score (nSPS) is 10.3. The van der Waals surface area contributed by atoms with Crippen LogP contribution in [0.5, 0.6) is 0 Å². The molecule has 0 unspecified atom stereocenters. The van der Waals surface area contributed by atoms with Crippen LogP contribution >= 0.6 is 0 Å². The SMILES string of the molecule is CCC([CH]CC(=O)O)CC. The number of rotatable bonds is 5. The molecule has 59 valence electrons. The third-order valence-electron chi connectivity index (χ3n) is 1.67. The smallest absolute Gasteiger partial charge is 0.303 e. The van der Waals surface area contributed by atoms with E-state index in [4.69, 9.17) is 5.11 Å². The molecular formula is C8H15O2. The molecule has 0 aliphatic carbocycles. The Morgan fingerprint density at radius 2 is 2.00 bits per heavy atom. The molecule has 1 N–H and O–H groups in total. The Kier molecular flexibility index (Phi) is 4.99. The molecule has 0 spiro atoms. The van der Waals surface area contributed by atoms with Crippen LogP contribution in [0.3, 0.4) is 0 Å². The van der Waals surface area contributed by atoms with Crippen molar-refractivity contribution in [2.45, 2.75) is 33.1 Å². The van der Waals surface area contributed by atoms with Gasteiger partial charge in [-0.05, 0) is 12.3 Å². The highest BCUT2D eigenvalue weighted by atomic mass is 16.4. The molecule has 0 saturated carbocycles. The highest BCUT2D eigenvalue weighted by Gasteiger charge is 2.05.